The zero-order chi connectivity index (χ0) is 17.2. The number of imidazole rings is 1. The van der Waals surface area contributed by atoms with Crippen molar-refractivity contribution < 1.29 is 14.0 Å². The third kappa shape index (κ3) is 3.21. The number of aryl methyl sites for hydroxylation is 1. The Balaban J connectivity index is 1.59. The van der Waals surface area contributed by atoms with Gasteiger partial charge in [0.1, 0.15) is 13.2 Å². The van der Waals surface area contributed by atoms with Gasteiger partial charge in [-0.1, -0.05) is 16.9 Å². The van der Waals surface area contributed by atoms with E-state index in [1.165, 1.54) is 0 Å². The number of hydrogen-bond donors (Lipinski definition) is 0. The minimum Gasteiger partial charge on any atom is -0.486 e. The SMILES string of the molecule is CCn1c(-c2ccc3c(c2)OCCO3)cnc1SCc1nc(C)no1. The molecule has 4 rings (SSSR count). The number of fused-ring (bicyclic) bond motifs is 1. The highest BCUT2D eigenvalue weighted by molar-refractivity contribution is 7.98. The fourth-order valence-electron chi connectivity index (χ4n) is 2.74. The van der Waals surface area contributed by atoms with E-state index >= 15 is 0 Å². The maximum absolute atomic E-state index is 5.69. The predicted molar refractivity (Wildman–Crippen MR) is 92.9 cm³/mol. The molecular formula is C17H18N4O3S. The Morgan fingerprint density at radius 1 is 1.20 bits per heavy atom. The number of rotatable bonds is 5. The molecule has 0 saturated heterocycles. The lowest BCUT2D eigenvalue weighted by atomic mass is 10.1. The first-order valence-corrected chi connectivity index (χ1v) is 9.10. The van der Waals surface area contributed by atoms with E-state index in [2.05, 4.69) is 26.6 Å². The molecule has 0 spiro atoms. The van der Waals surface area contributed by atoms with Crippen LogP contribution in [0.25, 0.3) is 11.3 Å². The van der Waals surface area contributed by atoms with Crippen LogP contribution in [0.3, 0.4) is 0 Å². The standard InChI is InChI=1S/C17H18N4O3S/c1-3-21-13(12-4-5-14-15(8-12)23-7-6-22-14)9-18-17(21)25-10-16-19-11(2)20-24-16/h4-5,8-9H,3,6-7,10H2,1-2H3. The normalized spacial score (nSPS) is 13.2. The number of hydrogen-bond acceptors (Lipinski definition) is 7. The minimum absolute atomic E-state index is 0.578. The van der Waals surface area contributed by atoms with E-state index < -0.39 is 0 Å². The van der Waals surface area contributed by atoms with Crippen molar-refractivity contribution in [1.29, 1.82) is 0 Å². The number of benzene rings is 1. The highest BCUT2D eigenvalue weighted by Gasteiger charge is 2.16. The smallest absolute Gasteiger partial charge is 0.237 e. The summed E-state index contributed by atoms with van der Waals surface area (Å²) >= 11 is 1.58. The zero-order valence-corrected chi connectivity index (χ0v) is 14.9. The average Bonchev–Trinajstić information content (AvgIpc) is 3.25. The van der Waals surface area contributed by atoms with E-state index in [4.69, 9.17) is 14.0 Å². The van der Waals surface area contributed by atoms with E-state index in [1.54, 1.807) is 11.8 Å². The first kappa shape index (κ1) is 16.0. The molecule has 0 fully saturated rings. The van der Waals surface area contributed by atoms with Crippen molar-refractivity contribution >= 4 is 11.8 Å². The lowest BCUT2D eigenvalue weighted by Crippen LogP contribution is -2.15. The molecule has 0 radical (unpaired) electrons. The summed E-state index contributed by atoms with van der Waals surface area (Å²) in [6, 6.07) is 5.99. The van der Waals surface area contributed by atoms with Crippen molar-refractivity contribution in [3.8, 4) is 22.8 Å². The molecule has 0 bridgehead atoms. The molecule has 0 saturated carbocycles. The van der Waals surface area contributed by atoms with E-state index in [-0.39, 0.29) is 0 Å². The molecule has 0 unspecified atom stereocenters. The second-order valence-electron chi connectivity index (χ2n) is 5.55. The predicted octanol–water partition coefficient (Wildman–Crippen LogP) is 3.32. The molecule has 0 atom stereocenters. The Morgan fingerprint density at radius 3 is 2.80 bits per heavy atom. The van der Waals surface area contributed by atoms with Gasteiger partial charge in [-0.3, -0.25) is 0 Å². The van der Waals surface area contributed by atoms with E-state index in [1.807, 2.05) is 31.3 Å². The molecule has 25 heavy (non-hydrogen) atoms. The van der Waals surface area contributed by atoms with Crippen molar-refractivity contribution in [3.63, 3.8) is 0 Å². The molecule has 1 aliphatic heterocycles. The molecule has 0 amide bonds. The summed E-state index contributed by atoms with van der Waals surface area (Å²) in [5.41, 5.74) is 2.10. The third-order valence-corrected chi connectivity index (χ3v) is 4.84. The molecular weight excluding hydrogens is 340 g/mol. The first-order valence-electron chi connectivity index (χ1n) is 8.12. The second kappa shape index (κ2) is 6.79. The highest BCUT2D eigenvalue weighted by Crippen LogP contribution is 2.35. The number of thioether (sulfide) groups is 1. The highest BCUT2D eigenvalue weighted by atomic mass is 32.2. The zero-order valence-electron chi connectivity index (χ0n) is 14.1. The maximum Gasteiger partial charge on any atom is 0.237 e. The van der Waals surface area contributed by atoms with Crippen LogP contribution in [0.15, 0.2) is 34.1 Å². The molecule has 3 aromatic rings. The van der Waals surface area contributed by atoms with Gasteiger partial charge in [-0.25, -0.2) is 4.98 Å². The Morgan fingerprint density at radius 2 is 2.04 bits per heavy atom. The van der Waals surface area contributed by atoms with Gasteiger partial charge in [0, 0.05) is 12.1 Å². The summed E-state index contributed by atoms with van der Waals surface area (Å²) in [6.45, 7) is 5.90. The maximum atomic E-state index is 5.69. The topological polar surface area (TPSA) is 75.2 Å². The molecule has 1 aliphatic rings. The van der Waals surface area contributed by atoms with Crippen molar-refractivity contribution in [2.24, 2.45) is 0 Å². The lowest BCUT2D eigenvalue weighted by molar-refractivity contribution is 0.171. The van der Waals surface area contributed by atoms with Crippen LogP contribution in [0.4, 0.5) is 0 Å². The van der Waals surface area contributed by atoms with E-state index in [0.29, 0.717) is 30.7 Å². The first-order chi connectivity index (χ1) is 12.2. The van der Waals surface area contributed by atoms with E-state index in [9.17, 15) is 0 Å². The van der Waals surface area contributed by atoms with Gasteiger partial charge in [0.25, 0.3) is 0 Å². The molecule has 7 nitrogen and oxygen atoms in total. The third-order valence-electron chi connectivity index (χ3n) is 3.87. The quantitative estimate of drug-likeness (QED) is 0.648. The molecule has 130 valence electrons. The van der Waals surface area contributed by atoms with Crippen molar-refractivity contribution in [3.05, 3.63) is 36.1 Å². The van der Waals surface area contributed by atoms with Gasteiger partial charge in [0.2, 0.25) is 5.89 Å². The van der Waals surface area contributed by atoms with E-state index in [0.717, 1.165) is 34.5 Å². The minimum atomic E-state index is 0.578. The van der Waals surface area contributed by atoms with Crippen LogP contribution in [-0.4, -0.2) is 32.9 Å². The fraction of sp³-hybridized carbons (Fsp3) is 0.353. The number of aromatic nitrogens is 4. The molecule has 8 heteroatoms. The van der Waals surface area contributed by atoms with Gasteiger partial charge in [-0.15, -0.1) is 0 Å². The summed E-state index contributed by atoms with van der Waals surface area (Å²) < 4.78 is 18.6. The number of nitrogens with zero attached hydrogens (tertiary/aromatic N) is 4. The summed E-state index contributed by atoms with van der Waals surface area (Å²) in [6.07, 6.45) is 1.89. The van der Waals surface area contributed by atoms with Crippen LogP contribution >= 0.6 is 11.8 Å². The Hall–Kier alpha value is -2.48. The Labute approximate surface area is 149 Å². The molecule has 1 aromatic carbocycles. The average molecular weight is 358 g/mol. The Kier molecular flexibility index (Phi) is 4.35. The Bertz CT molecular complexity index is 890. The van der Waals surface area contributed by atoms with Gasteiger partial charge in [-0.05, 0) is 32.0 Å². The van der Waals surface area contributed by atoms with Crippen molar-refractivity contribution in [2.45, 2.75) is 31.3 Å². The molecule has 3 heterocycles. The van der Waals surface area contributed by atoms with Crippen molar-refractivity contribution in [1.82, 2.24) is 19.7 Å². The molecule has 2 aromatic heterocycles. The monoisotopic (exact) mass is 358 g/mol. The summed E-state index contributed by atoms with van der Waals surface area (Å²) in [5.74, 6) is 3.42. The summed E-state index contributed by atoms with van der Waals surface area (Å²) in [7, 11) is 0. The molecule has 0 N–H and O–H groups in total. The molecule has 0 aliphatic carbocycles. The summed E-state index contributed by atoms with van der Waals surface area (Å²) in [4.78, 5) is 8.79. The van der Waals surface area contributed by atoms with Crippen LogP contribution < -0.4 is 9.47 Å². The fourth-order valence-corrected chi connectivity index (χ4v) is 3.62. The van der Waals surface area contributed by atoms with Gasteiger partial charge < -0.3 is 18.6 Å². The summed E-state index contributed by atoms with van der Waals surface area (Å²) in [5, 5.41) is 4.73. The van der Waals surface area contributed by atoms with Crippen molar-refractivity contribution in [2.75, 3.05) is 13.2 Å². The van der Waals surface area contributed by atoms with Gasteiger partial charge in [0.15, 0.2) is 22.5 Å². The van der Waals surface area contributed by atoms with Gasteiger partial charge in [-0.2, -0.15) is 4.98 Å². The van der Waals surface area contributed by atoms with Crippen LogP contribution in [0.1, 0.15) is 18.6 Å². The van der Waals surface area contributed by atoms with Gasteiger partial charge >= 0.3 is 0 Å². The van der Waals surface area contributed by atoms with Crippen LogP contribution in [0, 0.1) is 6.92 Å². The van der Waals surface area contributed by atoms with Crippen LogP contribution in [0.5, 0.6) is 11.5 Å². The lowest BCUT2D eigenvalue weighted by Gasteiger charge is -2.19. The van der Waals surface area contributed by atoms with Gasteiger partial charge in [0.05, 0.1) is 17.6 Å². The number of ether oxygens (including phenoxy) is 2. The second-order valence-corrected chi connectivity index (χ2v) is 6.50. The van der Waals surface area contributed by atoms with Crippen LogP contribution in [0.2, 0.25) is 0 Å². The van der Waals surface area contributed by atoms with Crippen LogP contribution in [-0.2, 0) is 12.3 Å². The largest absolute Gasteiger partial charge is 0.486 e.